The van der Waals surface area contributed by atoms with Crippen LogP contribution in [0.1, 0.15) is 38.6 Å². The Morgan fingerprint density at radius 2 is 2.29 bits per heavy atom. The smallest absolute Gasteiger partial charge is 0.191 e. The monoisotopic (exact) mass is 238 g/mol. The van der Waals surface area contributed by atoms with Gasteiger partial charge in [-0.1, -0.05) is 5.21 Å². The number of aromatic amines is 1. The molecule has 96 valence electrons. The number of nitrogens with one attached hydrogen (secondary N) is 2. The molecule has 0 aromatic carbocycles. The Morgan fingerprint density at radius 1 is 1.47 bits per heavy atom. The average molecular weight is 238 g/mol. The summed E-state index contributed by atoms with van der Waals surface area (Å²) in [6.45, 7) is 6.73. The van der Waals surface area contributed by atoms with E-state index >= 15 is 0 Å². The highest BCUT2D eigenvalue weighted by Gasteiger charge is 2.24. The lowest BCUT2D eigenvalue weighted by atomic mass is 9.91. The summed E-state index contributed by atoms with van der Waals surface area (Å²) in [5.41, 5.74) is 0. The van der Waals surface area contributed by atoms with Crippen LogP contribution in [-0.4, -0.2) is 51.7 Å². The molecule has 17 heavy (non-hydrogen) atoms. The number of likely N-dealkylation sites (tertiary alicyclic amines) is 1. The van der Waals surface area contributed by atoms with Gasteiger partial charge in [-0.3, -0.25) is 0 Å². The van der Waals surface area contributed by atoms with Crippen molar-refractivity contribution in [3.05, 3.63) is 5.82 Å². The van der Waals surface area contributed by atoms with Crippen molar-refractivity contribution in [2.24, 2.45) is 5.92 Å². The van der Waals surface area contributed by atoms with E-state index in [0.717, 1.165) is 5.82 Å². The average Bonchev–Trinajstić information content (AvgIpc) is 2.82. The number of hydrogen-bond acceptors (Lipinski definition) is 5. The van der Waals surface area contributed by atoms with Crippen molar-refractivity contribution in [1.29, 1.82) is 0 Å². The van der Waals surface area contributed by atoms with E-state index in [9.17, 15) is 0 Å². The third-order valence-corrected chi connectivity index (χ3v) is 3.63. The maximum Gasteiger partial charge on any atom is 0.191 e. The third-order valence-electron chi connectivity index (χ3n) is 3.63. The Kier molecular flexibility index (Phi) is 4.06. The van der Waals surface area contributed by atoms with Crippen LogP contribution in [0.5, 0.6) is 0 Å². The van der Waals surface area contributed by atoms with Gasteiger partial charge in [0.1, 0.15) is 0 Å². The zero-order valence-electron chi connectivity index (χ0n) is 10.8. The van der Waals surface area contributed by atoms with E-state index in [1.807, 2.05) is 0 Å². The molecule has 2 N–H and O–H groups in total. The molecule has 2 rings (SSSR count). The van der Waals surface area contributed by atoms with Gasteiger partial charge >= 0.3 is 0 Å². The van der Waals surface area contributed by atoms with Crippen molar-refractivity contribution in [3.63, 3.8) is 0 Å². The zero-order chi connectivity index (χ0) is 12.3. The van der Waals surface area contributed by atoms with Gasteiger partial charge < -0.3 is 10.2 Å². The van der Waals surface area contributed by atoms with Crippen molar-refractivity contribution in [2.45, 2.75) is 38.8 Å². The second kappa shape index (κ2) is 5.55. The summed E-state index contributed by atoms with van der Waals surface area (Å²) in [4.78, 5) is 2.41. The molecule has 0 radical (unpaired) electrons. The molecular weight excluding hydrogens is 216 g/mol. The fourth-order valence-electron chi connectivity index (χ4n) is 2.57. The fraction of sp³-hybridized carbons (Fsp3) is 0.909. The second-order valence-corrected chi connectivity index (χ2v) is 5.11. The van der Waals surface area contributed by atoms with Crippen LogP contribution in [-0.2, 0) is 0 Å². The van der Waals surface area contributed by atoms with Crippen LogP contribution in [0, 0.1) is 5.92 Å². The molecule has 1 aromatic heterocycles. The Balaban J connectivity index is 1.85. The molecule has 0 aliphatic carbocycles. The molecule has 3 unspecified atom stereocenters. The van der Waals surface area contributed by atoms with E-state index in [2.05, 4.69) is 51.7 Å². The van der Waals surface area contributed by atoms with Gasteiger partial charge in [-0.05, 0) is 46.2 Å². The van der Waals surface area contributed by atoms with E-state index in [0.29, 0.717) is 12.0 Å². The van der Waals surface area contributed by atoms with E-state index in [1.54, 1.807) is 0 Å². The summed E-state index contributed by atoms with van der Waals surface area (Å²) in [7, 11) is 2.20. The lowest BCUT2D eigenvalue weighted by Gasteiger charge is -2.34. The van der Waals surface area contributed by atoms with Crippen molar-refractivity contribution < 1.29 is 0 Å². The lowest BCUT2D eigenvalue weighted by Crippen LogP contribution is -2.43. The van der Waals surface area contributed by atoms with Crippen molar-refractivity contribution in [3.8, 4) is 0 Å². The fourth-order valence-corrected chi connectivity index (χ4v) is 2.57. The van der Waals surface area contributed by atoms with Gasteiger partial charge in [0, 0.05) is 12.6 Å². The minimum absolute atomic E-state index is 0.149. The van der Waals surface area contributed by atoms with Crippen molar-refractivity contribution in [1.82, 2.24) is 30.8 Å². The van der Waals surface area contributed by atoms with Crippen LogP contribution in [0.4, 0.5) is 0 Å². The summed E-state index contributed by atoms with van der Waals surface area (Å²) in [5.74, 6) is 1.45. The molecule has 0 spiro atoms. The van der Waals surface area contributed by atoms with E-state index < -0.39 is 0 Å². The highest BCUT2D eigenvalue weighted by Crippen LogP contribution is 2.20. The van der Waals surface area contributed by atoms with Crippen molar-refractivity contribution >= 4 is 0 Å². The number of tetrazole rings is 1. The van der Waals surface area contributed by atoms with Crippen molar-refractivity contribution in [2.75, 3.05) is 20.1 Å². The van der Waals surface area contributed by atoms with E-state index in [-0.39, 0.29) is 6.04 Å². The Bertz CT molecular complexity index is 325. The first-order valence-corrected chi connectivity index (χ1v) is 6.34. The molecule has 1 aliphatic heterocycles. The summed E-state index contributed by atoms with van der Waals surface area (Å²) in [6, 6.07) is 0.627. The van der Waals surface area contributed by atoms with Gasteiger partial charge in [0.25, 0.3) is 0 Å². The maximum absolute atomic E-state index is 4.01. The predicted octanol–water partition coefficient (Wildman–Crippen LogP) is 0.581. The van der Waals surface area contributed by atoms with E-state index in [1.165, 1.54) is 25.9 Å². The molecule has 1 aliphatic rings. The molecule has 0 bridgehead atoms. The van der Waals surface area contributed by atoms with Crippen LogP contribution < -0.4 is 5.32 Å². The Hall–Kier alpha value is -1.01. The second-order valence-electron chi connectivity index (χ2n) is 5.11. The predicted molar refractivity (Wildman–Crippen MR) is 65.4 cm³/mol. The molecule has 6 nitrogen and oxygen atoms in total. The summed E-state index contributed by atoms with van der Waals surface area (Å²) < 4.78 is 0. The molecular formula is C11H22N6. The SMILES string of the molecule is CC(NC(C)C1CCCN(C)C1)c1nn[nH]n1. The topological polar surface area (TPSA) is 69.7 Å². The highest BCUT2D eigenvalue weighted by atomic mass is 15.5. The van der Waals surface area contributed by atoms with Crippen LogP contribution >= 0.6 is 0 Å². The standard InChI is InChI=1S/C11H22N6/c1-8(10-5-4-6-17(3)7-10)12-9(2)11-13-15-16-14-11/h8-10,12H,4-7H2,1-3H3,(H,13,14,15,16). The summed E-state index contributed by atoms with van der Waals surface area (Å²) in [5, 5.41) is 17.7. The lowest BCUT2D eigenvalue weighted by molar-refractivity contribution is 0.173. The molecule has 0 saturated carbocycles. The van der Waals surface area contributed by atoms with Gasteiger partial charge in [0.2, 0.25) is 0 Å². The van der Waals surface area contributed by atoms with Crippen LogP contribution in [0.2, 0.25) is 0 Å². The maximum atomic E-state index is 4.01. The first-order valence-electron chi connectivity index (χ1n) is 6.34. The van der Waals surface area contributed by atoms with Crippen LogP contribution in [0.15, 0.2) is 0 Å². The zero-order valence-corrected chi connectivity index (χ0v) is 10.8. The van der Waals surface area contributed by atoms with Gasteiger partial charge in [0.05, 0.1) is 6.04 Å². The third kappa shape index (κ3) is 3.23. The molecule has 3 atom stereocenters. The summed E-state index contributed by atoms with van der Waals surface area (Å²) >= 11 is 0. The summed E-state index contributed by atoms with van der Waals surface area (Å²) in [6.07, 6.45) is 2.60. The molecule has 6 heteroatoms. The molecule has 1 aromatic rings. The molecule has 1 saturated heterocycles. The normalized spacial score (nSPS) is 25.7. The number of H-pyrrole nitrogens is 1. The van der Waals surface area contributed by atoms with Crippen LogP contribution in [0.25, 0.3) is 0 Å². The highest BCUT2D eigenvalue weighted by molar-refractivity contribution is 4.89. The largest absolute Gasteiger partial charge is 0.306 e. The Morgan fingerprint density at radius 3 is 2.94 bits per heavy atom. The van der Waals surface area contributed by atoms with Gasteiger partial charge in [0.15, 0.2) is 5.82 Å². The van der Waals surface area contributed by atoms with E-state index in [4.69, 9.17) is 0 Å². The number of hydrogen-bond donors (Lipinski definition) is 2. The number of nitrogens with zero attached hydrogens (tertiary/aromatic N) is 4. The number of rotatable bonds is 4. The first-order chi connectivity index (χ1) is 8.16. The van der Waals surface area contributed by atoms with Gasteiger partial charge in [-0.2, -0.15) is 5.21 Å². The first kappa shape index (κ1) is 12.4. The Labute approximate surface area is 102 Å². The molecule has 0 amide bonds. The molecule has 2 heterocycles. The number of aromatic nitrogens is 4. The number of piperidine rings is 1. The molecule has 1 fully saturated rings. The van der Waals surface area contributed by atoms with Crippen LogP contribution in [0.3, 0.4) is 0 Å². The minimum atomic E-state index is 0.149. The van der Waals surface area contributed by atoms with Gasteiger partial charge in [-0.15, -0.1) is 10.2 Å². The quantitative estimate of drug-likeness (QED) is 0.803. The van der Waals surface area contributed by atoms with Gasteiger partial charge in [-0.25, -0.2) is 0 Å². The minimum Gasteiger partial charge on any atom is -0.306 e.